The van der Waals surface area contributed by atoms with Crippen LogP contribution in [0.3, 0.4) is 0 Å². The molecule has 1 saturated carbocycles. The molecule has 4 unspecified atom stereocenters. The van der Waals surface area contributed by atoms with E-state index in [0.29, 0.717) is 30.3 Å². The van der Waals surface area contributed by atoms with Crippen molar-refractivity contribution >= 4 is 0 Å². The van der Waals surface area contributed by atoms with Crippen LogP contribution >= 0.6 is 0 Å². The fourth-order valence-electron chi connectivity index (χ4n) is 3.51. The van der Waals surface area contributed by atoms with Gasteiger partial charge in [0, 0.05) is 12.6 Å². The zero-order chi connectivity index (χ0) is 15.3. The third-order valence-corrected chi connectivity index (χ3v) is 4.31. The summed E-state index contributed by atoms with van der Waals surface area (Å²) in [6, 6.07) is 0.351. The third-order valence-electron chi connectivity index (χ3n) is 4.31. The second kappa shape index (κ2) is 7.64. The lowest BCUT2D eigenvalue weighted by molar-refractivity contribution is -0.145. The molecule has 0 aromatic heterocycles. The van der Waals surface area contributed by atoms with Crippen LogP contribution in [0, 0.1) is 17.8 Å². The molecule has 0 spiro atoms. The Morgan fingerprint density at radius 2 is 1.85 bits per heavy atom. The van der Waals surface area contributed by atoms with Crippen molar-refractivity contribution < 1.29 is 13.2 Å². The van der Waals surface area contributed by atoms with Crippen LogP contribution in [0.15, 0.2) is 0 Å². The van der Waals surface area contributed by atoms with Crippen molar-refractivity contribution in [3.05, 3.63) is 0 Å². The lowest BCUT2D eigenvalue weighted by Crippen LogP contribution is -2.49. The SMILES string of the molecule is CCCNC1CC(C)CC(C)C1CN(C)CC(F)(F)F. The fraction of sp³-hybridized carbons (Fsp3) is 1.00. The molecule has 1 aliphatic carbocycles. The monoisotopic (exact) mass is 294 g/mol. The highest BCUT2D eigenvalue weighted by Gasteiger charge is 2.36. The maximum absolute atomic E-state index is 12.5. The van der Waals surface area contributed by atoms with Crippen LogP contribution in [0.4, 0.5) is 13.2 Å². The molecule has 0 radical (unpaired) electrons. The van der Waals surface area contributed by atoms with Gasteiger partial charge in [-0.25, -0.2) is 0 Å². The van der Waals surface area contributed by atoms with Gasteiger partial charge >= 0.3 is 6.18 Å². The van der Waals surface area contributed by atoms with E-state index in [2.05, 4.69) is 26.1 Å². The van der Waals surface area contributed by atoms with Gasteiger partial charge < -0.3 is 5.32 Å². The number of hydrogen-bond donors (Lipinski definition) is 1. The van der Waals surface area contributed by atoms with Crippen LogP contribution < -0.4 is 5.32 Å². The molecule has 0 amide bonds. The van der Waals surface area contributed by atoms with Crippen LogP contribution in [-0.2, 0) is 0 Å². The second-order valence-electron chi connectivity index (χ2n) is 6.59. The summed E-state index contributed by atoms with van der Waals surface area (Å²) in [6.07, 6.45) is -0.847. The molecule has 1 rings (SSSR count). The number of hydrogen-bond acceptors (Lipinski definition) is 2. The Kier molecular flexibility index (Phi) is 6.79. The first-order valence-electron chi connectivity index (χ1n) is 7.71. The van der Waals surface area contributed by atoms with E-state index in [0.717, 1.165) is 25.8 Å². The van der Waals surface area contributed by atoms with Crippen molar-refractivity contribution in [1.29, 1.82) is 0 Å². The van der Waals surface area contributed by atoms with Gasteiger partial charge in [0.2, 0.25) is 0 Å². The van der Waals surface area contributed by atoms with E-state index < -0.39 is 12.7 Å². The van der Waals surface area contributed by atoms with Crippen molar-refractivity contribution in [3.63, 3.8) is 0 Å². The van der Waals surface area contributed by atoms with E-state index >= 15 is 0 Å². The number of nitrogens with zero attached hydrogens (tertiary/aromatic N) is 1. The Morgan fingerprint density at radius 1 is 1.20 bits per heavy atom. The Balaban J connectivity index is 2.61. The molecule has 120 valence electrons. The van der Waals surface area contributed by atoms with Crippen molar-refractivity contribution in [2.75, 3.05) is 26.7 Å². The summed E-state index contributed by atoms with van der Waals surface area (Å²) in [4.78, 5) is 1.43. The van der Waals surface area contributed by atoms with Crippen LogP contribution in [-0.4, -0.2) is 43.8 Å². The van der Waals surface area contributed by atoms with Gasteiger partial charge in [0.25, 0.3) is 0 Å². The fourth-order valence-corrected chi connectivity index (χ4v) is 3.51. The molecule has 1 aliphatic rings. The Hall–Kier alpha value is -0.290. The van der Waals surface area contributed by atoms with E-state index in [-0.39, 0.29) is 0 Å². The molecule has 2 nitrogen and oxygen atoms in total. The summed E-state index contributed by atoms with van der Waals surface area (Å²) in [5.41, 5.74) is 0. The molecular formula is C15H29F3N2. The predicted octanol–water partition coefficient (Wildman–Crippen LogP) is 3.53. The van der Waals surface area contributed by atoms with E-state index in [9.17, 15) is 13.2 Å². The van der Waals surface area contributed by atoms with Crippen LogP contribution in [0.5, 0.6) is 0 Å². The molecule has 0 bridgehead atoms. The molecule has 4 atom stereocenters. The normalized spacial score (nSPS) is 31.8. The van der Waals surface area contributed by atoms with Gasteiger partial charge in [-0.3, -0.25) is 4.90 Å². The smallest absolute Gasteiger partial charge is 0.314 e. The summed E-state index contributed by atoms with van der Waals surface area (Å²) in [5.74, 6) is 1.44. The van der Waals surface area contributed by atoms with Crippen LogP contribution in [0.25, 0.3) is 0 Å². The number of nitrogens with one attached hydrogen (secondary N) is 1. The first kappa shape index (κ1) is 17.8. The van der Waals surface area contributed by atoms with Crippen molar-refractivity contribution in [2.24, 2.45) is 17.8 Å². The largest absolute Gasteiger partial charge is 0.401 e. The lowest BCUT2D eigenvalue weighted by atomic mass is 9.72. The van der Waals surface area contributed by atoms with Crippen LogP contribution in [0.2, 0.25) is 0 Å². The van der Waals surface area contributed by atoms with Gasteiger partial charge in [0.1, 0.15) is 0 Å². The standard InChI is InChI=1S/C15H29F3N2/c1-5-6-19-14-8-11(2)7-12(3)13(14)9-20(4)10-15(16,17)18/h11-14,19H,5-10H2,1-4H3. The molecule has 0 heterocycles. The average molecular weight is 294 g/mol. The second-order valence-corrected chi connectivity index (χ2v) is 6.59. The number of alkyl halides is 3. The molecular weight excluding hydrogens is 265 g/mol. The summed E-state index contributed by atoms with van der Waals surface area (Å²) in [6.45, 7) is 7.20. The maximum atomic E-state index is 12.5. The van der Waals surface area contributed by atoms with Gasteiger partial charge in [0.05, 0.1) is 6.54 Å². The minimum Gasteiger partial charge on any atom is -0.314 e. The average Bonchev–Trinajstić information content (AvgIpc) is 2.28. The van der Waals surface area contributed by atoms with E-state index in [4.69, 9.17) is 0 Å². The zero-order valence-electron chi connectivity index (χ0n) is 13.1. The first-order valence-corrected chi connectivity index (χ1v) is 7.71. The van der Waals surface area contributed by atoms with Gasteiger partial charge in [-0.15, -0.1) is 0 Å². The van der Waals surface area contributed by atoms with E-state index in [1.165, 1.54) is 4.90 Å². The molecule has 0 aliphatic heterocycles. The van der Waals surface area contributed by atoms with Gasteiger partial charge in [0.15, 0.2) is 0 Å². The summed E-state index contributed by atoms with van der Waals surface area (Å²) in [5, 5.41) is 3.54. The summed E-state index contributed by atoms with van der Waals surface area (Å²) in [7, 11) is 1.58. The van der Waals surface area contributed by atoms with Gasteiger partial charge in [-0.1, -0.05) is 20.8 Å². The molecule has 0 aromatic rings. The Labute approximate surface area is 121 Å². The van der Waals surface area contributed by atoms with E-state index in [1.807, 2.05) is 0 Å². The van der Waals surface area contributed by atoms with Gasteiger partial charge in [-0.2, -0.15) is 13.2 Å². The molecule has 5 heteroatoms. The maximum Gasteiger partial charge on any atom is 0.401 e. The Morgan fingerprint density at radius 3 is 2.40 bits per heavy atom. The Bertz CT molecular complexity index is 281. The molecule has 0 saturated heterocycles. The van der Waals surface area contributed by atoms with Gasteiger partial charge in [-0.05, 0) is 50.6 Å². The van der Waals surface area contributed by atoms with Crippen molar-refractivity contribution in [3.8, 4) is 0 Å². The van der Waals surface area contributed by atoms with Crippen molar-refractivity contribution in [2.45, 2.75) is 52.3 Å². The summed E-state index contributed by atoms with van der Waals surface area (Å²) >= 11 is 0. The highest BCUT2D eigenvalue weighted by molar-refractivity contribution is 4.89. The topological polar surface area (TPSA) is 15.3 Å². The quantitative estimate of drug-likeness (QED) is 0.806. The lowest BCUT2D eigenvalue weighted by Gasteiger charge is -2.42. The minimum absolute atomic E-state index is 0.310. The summed E-state index contributed by atoms with van der Waals surface area (Å²) < 4.78 is 37.4. The number of rotatable bonds is 6. The highest BCUT2D eigenvalue weighted by Crippen LogP contribution is 2.34. The van der Waals surface area contributed by atoms with Crippen molar-refractivity contribution in [1.82, 2.24) is 10.2 Å². The molecule has 20 heavy (non-hydrogen) atoms. The molecule has 1 N–H and O–H groups in total. The zero-order valence-corrected chi connectivity index (χ0v) is 13.1. The predicted molar refractivity (Wildman–Crippen MR) is 76.7 cm³/mol. The van der Waals surface area contributed by atoms with Crippen LogP contribution in [0.1, 0.15) is 40.0 Å². The van der Waals surface area contributed by atoms with E-state index in [1.54, 1.807) is 7.05 Å². The highest BCUT2D eigenvalue weighted by atomic mass is 19.4. The number of halogens is 3. The molecule has 0 aromatic carbocycles. The third kappa shape index (κ3) is 6.00. The minimum atomic E-state index is -4.10. The first-order chi connectivity index (χ1) is 9.23. The molecule has 1 fully saturated rings.